The summed E-state index contributed by atoms with van der Waals surface area (Å²) in [6.07, 6.45) is 6.47. The molecule has 0 bridgehead atoms. The Labute approximate surface area is 116 Å². The molecular weight excluding hydrogens is 240 g/mol. The molecule has 0 saturated carbocycles. The van der Waals surface area contributed by atoms with Gasteiger partial charge in [0.2, 0.25) is 0 Å². The highest BCUT2D eigenvalue weighted by atomic mass is 32.1. The van der Waals surface area contributed by atoms with Gasteiger partial charge < -0.3 is 5.73 Å². The third-order valence-electron chi connectivity index (χ3n) is 3.32. The molecule has 0 unspecified atom stereocenters. The molecule has 18 heavy (non-hydrogen) atoms. The van der Waals surface area contributed by atoms with E-state index >= 15 is 0 Å². The summed E-state index contributed by atoms with van der Waals surface area (Å²) >= 11 is 1.86. The summed E-state index contributed by atoms with van der Waals surface area (Å²) in [6.45, 7) is 7.76. The minimum absolute atomic E-state index is 0.635. The summed E-state index contributed by atoms with van der Waals surface area (Å²) in [6, 6.07) is 5.02. The maximum atomic E-state index is 5.50. The first-order valence-corrected chi connectivity index (χ1v) is 8.08. The molecule has 0 radical (unpaired) electrons. The lowest BCUT2D eigenvalue weighted by atomic mass is 10.1. The standard InChI is InChI=1S/C15H28N2S/c1-14(2)17(13-15-9-8-12-18-15)11-7-5-3-4-6-10-16/h8-9,12,14H,3-7,10-11,13,16H2,1-2H3. The SMILES string of the molecule is CC(C)N(CCCCCCCN)Cc1cccs1. The number of rotatable bonds is 10. The fraction of sp³-hybridized carbons (Fsp3) is 0.733. The van der Waals surface area contributed by atoms with E-state index in [1.165, 1.54) is 43.5 Å². The third kappa shape index (κ3) is 6.53. The zero-order valence-electron chi connectivity index (χ0n) is 11.9. The van der Waals surface area contributed by atoms with Crippen LogP contribution in [0.4, 0.5) is 0 Å². The maximum Gasteiger partial charge on any atom is 0.0330 e. The number of hydrogen-bond donors (Lipinski definition) is 1. The van der Waals surface area contributed by atoms with E-state index in [9.17, 15) is 0 Å². The lowest BCUT2D eigenvalue weighted by Crippen LogP contribution is -2.31. The molecule has 1 rings (SSSR count). The summed E-state index contributed by atoms with van der Waals surface area (Å²) < 4.78 is 0. The van der Waals surface area contributed by atoms with Crippen molar-refractivity contribution in [3.63, 3.8) is 0 Å². The van der Waals surface area contributed by atoms with Crippen LogP contribution in [-0.2, 0) is 6.54 Å². The molecule has 3 heteroatoms. The summed E-state index contributed by atoms with van der Waals surface area (Å²) in [5.41, 5.74) is 5.50. The van der Waals surface area contributed by atoms with Crippen molar-refractivity contribution in [2.75, 3.05) is 13.1 Å². The zero-order chi connectivity index (χ0) is 13.2. The molecule has 1 heterocycles. The fourth-order valence-electron chi connectivity index (χ4n) is 2.11. The van der Waals surface area contributed by atoms with Gasteiger partial charge in [-0.25, -0.2) is 0 Å². The van der Waals surface area contributed by atoms with Gasteiger partial charge >= 0.3 is 0 Å². The molecule has 0 aliphatic rings. The van der Waals surface area contributed by atoms with E-state index in [-0.39, 0.29) is 0 Å². The first kappa shape index (κ1) is 15.7. The molecule has 1 aromatic rings. The van der Waals surface area contributed by atoms with Crippen LogP contribution >= 0.6 is 11.3 Å². The van der Waals surface area contributed by atoms with Crippen molar-refractivity contribution in [3.05, 3.63) is 22.4 Å². The van der Waals surface area contributed by atoms with Crippen LogP contribution in [0.15, 0.2) is 17.5 Å². The van der Waals surface area contributed by atoms with E-state index in [4.69, 9.17) is 5.73 Å². The fourth-order valence-corrected chi connectivity index (χ4v) is 2.84. The van der Waals surface area contributed by atoms with Gasteiger partial charge in [0.25, 0.3) is 0 Å². The summed E-state index contributed by atoms with van der Waals surface area (Å²) in [5.74, 6) is 0. The summed E-state index contributed by atoms with van der Waals surface area (Å²) in [7, 11) is 0. The number of unbranched alkanes of at least 4 members (excludes halogenated alkanes) is 4. The van der Waals surface area contributed by atoms with E-state index in [2.05, 4.69) is 36.3 Å². The lowest BCUT2D eigenvalue weighted by Gasteiger charge is -2.25. The quantitative estimate of drug-likeness (QED) is 0.653. The Balaban J connectivity index is 2.18. The number of hydrogen-bond acceptors (Lipinski definition) is 3. The molecule has 0 saturated heterocycles. The highest BCUT2D eigenvalue weighted by Crippen LogP contribution is 2.15. The van der Waals surface area contributed by atoms with Crippen LogP contribution < -0.4 is 5.73 Å². The molecule has 0 atom stereocenters. The van der Waals surface area contributed by atoms with E-state index in [0.717, 1.165) is 13.1 Å². The molecule has 0 spiro atoms. The molecule has 0 aliphatic heterocycles. The minimum atomic E-state index is 0.635. The van der Waals surface area contributed by atoms with E-state index in [1.54, 1.807) is 0 Å². The number of thiophene rings is 1. The monoisotopic (exact) mass is 268 g/mol. The van der Waals surface area contributed by atoms with Crippen LogP contribution in [0, 0.1) is 0 Å². The van der Waals surface area contributed by atoms with Gasteiger partial charge in [-0.1, -0.05) is 25.3 Å². The third-order valence-corrected chi connectivity index (χ3v) is 4.18. The second-order valence-electron chi connectivity index (χ2n) is 5.20. The summed E-state index contributed by atoms with van der Waals surface area (Å²) in [4.78, 5) is 4.06. The van der Waals surface area contributed by atoms with Crippen LogP contribution in [0.25, 0.3) is 0 Å². The van der Waals surface area contributed by atoms with Crippen LogP contribution in [0.2, 0.25) is 0 Å². The Morgan fingerprint density at radius 3 is 2.50 bits per heavy atom. The lowest BCUT2D eigenvalue weighted by molar-refractivity contribution is 0.210. The molecular formula is C15H28N2S. The van der Waals surface area contributed by atoms with Crippen LogP contribution in [0.1, 0.15) is 50.8 Å². The first-order valence-electron chi connectivity index (χ1n) is 7.20. The van der Waals surface area contributed by atoms with Crippen LogP contribution in [-0.4, -0.2) is 24.0 Å². The van der Waals surface area contributed by atoms with Crippen molar-refractivity contribution in [2.45, 2.75) is 58.5 Å². The van der Waals surface area contributed by atoms with Gasteiger partial charge in [0.1, 0.15) is 0 Å². The molecule has 2 nitrogen and oxygen atoms in total. The highest BCUT2D eigenvalue weighted by molar-refractivity contribution is 7.09. The van der Waals surface area contributed by atoms with Gasteiger partial charge in [-0.3, -0.25) is 4.90 Å². The predicted octanol–water partition coefficient (Wildman–Crippen LogP) is 3.87. The van der Waals surface area contributed by atoms with Gasteiger partial charge in [0, 0.05) is 17.5 Å². The minimum Gasteiger partial charge on any atom is -0.330 e. The Morgan fingerprint density at radius 2 is 1.89 bits per heavy atom. The van der Waals surface area contributed by atoms with E-state index in [0.29, 0.717) is 6.04 Å². The average Bonchev–Trinajstić information content (AvgIpc) is 2.84. The first-order chi connectivity index (χ1) is 8.74. The van der Waals surface area contributed by atoms with Crippen molar-refractivity contribution < 1.29 is 0 Å². The van der Waals surface area contributed by atoms with Crippen molar-refractivity contribution in [2.24, 2.45) is 5.73 Å². The molecule has 0 fully saturated rings. The molecule has 0 aliphatic carbocycles. The Kier molecular flexibility index (Phi) is 8.31. The molecule has 1 aromatic heterocycles. The highest BCUT2D eigenvalue weighted by Gasteiger charge is 2.10. The predicted molar refractivity (Wildman–Crippen MR) is 82.0 cm³/mol. The van der Waals surface area contributed by atoms with Crippen molar-refractivity contribution in [3.8, 4) is 0 Å². The Hall–Kier alpha value is -0.380. The van der Waals surface area contributed by atoms with Gasteiger partial charge in [-0.15, -0.1) is 11.3 Å². The van der Waals surface area contributed by atoms with Gasteiger partial charge in [-0.05, 0) is 51.2 Å². The molecule has 0 aromatic carbocycles. The van der Waals surface area contributed by atoms with E-state index in [1.807, 2.05) is 11.3 Å². The maximum absolute atomic E-state index is 5.50. The van der Waals surface area contributed by atoms with Crippen molar-refractivity contribution in [1.29, 1.82) is 0 Å². The second kappa shape index (κ2) is 9.54. The van der Waals surface area contributed by atoms with Crippen molar-refractivity contribution >= 4 is 11.3 Å². The summed E-state index contributed by atoms with van der Waals surface area (Å²) in [5, 5.41) is 2.17. The topological polar surface area (TPSA) is 29.3 Å². The average molecular weight is 268 g/mol. The normalized spacial score (nSPS) is 11.6. The second-order valence-corrected chi connectivity index (χ2v) is 6.23. The van der Waals surface area contributed by atoms with Crippen LogP contribution in [0.3, 0.4) is 0 Å². The zero-order valence-corrected chi connectivity index (χ0v) is 12.7. The number of nitrogens with zero attached hydrogens (tertiary/aromatic N) is 1. The molecule has 2 N–H and O–H groups in total. The van der Waals surface area contributed by atoms with Crippen molar-refractivity contribution in [1.82, 2.24) is 4.90 Å². The smallest absolute Gasteiger partial charge is 0.0330 e. The van der Waals surface area contributed by atoms with Crippen LogP contribution in [0.5, 0.6) is 0 Å². The van der Waals surface area contributed by atoms with Gasteiger partial charge in [-0.2, -0.15) is 0 Å². The molecule has 0 amide bonds. The largest absolute Gasteiger partial charge is 0.330 e. The Bertz CT molecular complexity index is 283. The van der Waals surface area contributed by atoms with Gasteiger partial charge in [0.15, 0.2) is 0 Å². The Morgan fingerprint density at radius 1 is 1.17 bits per heavy atom. The van der Waals surface area contributed by atoms with Gasteiger partial charge in [0.05, 0.1) is 0 Å². The number of nitrogens with two attached hydrogens (primary N) is 1. The van der Waals surface area contributed by atoms with E-state index < -0.39 is 0 Å². The molecule has 104 valence electrons.